The van der Waals surface area contributed by atoms with Crippen molar-refractivity contribution in [3.05, 3.63) is 58.7 Å². The van der Waals surface area contributed by atoms with Gasteiger partial charge in [-0.25, -0.2) is 9.37 Å². The lowest BCUT2D eigenvalue weighted by atomic mass is 9.90. The van der Waals surface area contributed by atoms with Gasteiger partial charge in [-0.1, -0.05) is 18.2 Å². The Labute approximate surface area is 210 Å². The number of carbonyl (C=O) groups is 1. The molecule has 194 valence electrons. The summed E-state index contributed by atoms with van der Waals surface area (Å²) in [6, 6.07) is 7.65. The zero-order valence-corrected chi connectivity index (χ0v) is 21.2. The molecule has 0 spiro atoms. The van der Waals surface area contributed by atoms with Crippen LogP contribution in [0.4, 0.5) is 8.78 Å². The number of benzene rings is 1. The highest BCUT2D eigenvalue weighted by Crippen LogP contribution is 2.41. The van der Waals surface area contributed by atoms with E-state index in [0.29, 0.717) is 56.2 Å². The number of aromatic amines is 1. The number of hydrogen-bond acceptors (Lipinski definition) is 6. The molecule has 0 saturated heterocycles. The molecule has 36 heavy (non-hydrogen) atoms. The van der Waals surface area contributed by atoms with Crippen LogP contribution in [0.1, 0.15) is 41.3 Å². The van der Waals surface area contributed by atoms with Crippen LogP contribution in [0.15, 0.2) is 30.5 Å². The molecule has 7 nitrogen and oxygen atoms in total. The minimum absolute atomic E-state index is 0.211. The number of nitrogens with one attached hydrogen (secondary N) is 1. The van der Waals surface area contributed by atoms with Gasteiger partial charge in [0.25, 0.3) is 0 Å². The fourth-order valence-corrected chi connectivity index (χ4v) is 4.99. The van der Waals surface area contributed by atoms with Crippen LogP contribution in [0.5, 0.6) is 5.88 Å². The van der Waals surface area contributed by atoms with Gasteiger partial charge in [-0.3, -0.25) is 14.1 Å². The third kappa shape index (κ3) is 5.52. The van der Waals surface area contributed by atoms with Gasteiger partial charge < -0.3 is 19.4 Å². The molecule has 0 saturated carbocycles. The molecule has 1 aliphatic heterocycles. The van der Waals surface area contributed by atoms with Crippen LogP contribution in [-0.2, 0) is 16.0 Å². The lowest BCUT2D eigenvalue weighted by molar-refractivity contribution is -0.141. The average molecular weight is 501 g/mol. The number of halogens is 2. The number of methoxy groups -OCH3 is 1. The molecule has 1 atom stereocenters. The minimum atomic E-state index is -0.427. The number of carbonyl (C=O) groups excluding carboxylic acids is 1. The Morgan fingerprint density at radius 2 is 2.11 bits per heavy atom. The molecule has 0 amide bonds. The second-order valence-corrected chi connectivity index (χ2v) is 9.22. The van der Waals surface area contributed by atoms with Gasteiger partial charge in [0.2, 0.25) is 5.88 Å². The summed E-state index contributed by atoms with van der Waals surface area (Å²) in [4.78, 5) is 23.8. The Morgan fingerprint density at radius 3 is 2.89 bits per heavy atom. The maximum atomic E-state index is 15.5. The van der Waals surface area contributed by atoms with Crippen LogP contribution in [0.25, 0.3) is 10.9 Å². The monoisotopic (exact) mass is 500 g/mol. The van der Waals surface area contributed by atoms with Crippen molar-refractivity contribution in [1.29, 1.82) is 0 Å². The van der Waals surface area contributed by atoms with Gasteiger partial charge in [-0.15, -0.1) is 0 Å². The third-order valence-electron chi connectivity index (χ3n) is 6.90. The second kappa shape index (κ2) is 11.8. The highest BCUT2D eigenvalue weighted by atomic mass is 19.1. The highest BCUT2D eigenvalue weighted by molar-refractivity contribution is 5.85. The summed E-state index contributed by atoms with van der Waals surface area (Å²) in [6.07, 6.45) is 2.69. The maximum Gasteiger partial charge on any atom is 0.306 e. The molecular formula is C27H34F2N4O3. The number of likely N-dealkylation sites (N-methyl/N-ethyl adjacent to an activating group) is 1. The summed E-state index contributed by atoms with van der Waals surface area (Å²) >= 11 is 0. The molecule has 0 bridgehead atoms. The van der Waals surface area contributed by atoms with E-state index in [1.165, 1.54) is 13.3 Å². The van der Waals surface area contributed by atoms with Gasteiger partial charge >= 0.3 is 5.97 Å². The van der Waals surface area contributed by atoms with E-state index in [4.69, 9.17) is 9.47 Å². The second-order valence-electron chi connectivity index (χ2n) is 9.22. The van der Waals surface area contributed by atoms with Crippen LogP contribution in [0.2, 0.25) is 0 Å². The molecule has 3 aromatic rings. The first kappa shape index (κ1) is 26.0. The van der Waals surface area contributed by atoms with Crippen molar-refractivity contribution < 1.29 is 23.0 Å². The number of H-pyrrole nitrogens is 1. The zero-order chi connectivity index (χ0) is 25.7. The maximum absolute atomic E-state index is 15.5. The normalized spacial score (nSPS) is 15.9. The van der Waals surface area contributed by atoms with Crippen molar-refractivity contribution in [1.82, 2.24) is 19.8 Å². The van der Waals surface area contributed by atoms with Gasteiger partial charge in [-0.2, -0.15) is 0 Å². The first-order valence-electron chi connectivity index (χ1n) is 12.4. The van der Waals surface area contributed by atoms with E-state index in [1.54, 1.807) is 0 Å². The van der Waals surface area contributed by atoms with Crippen LogP contribution < -0.4 is 4.74 Å². The fraction of sp³-hybridized carbons (Fsp3) is 0.481. The van der Waals surface area contributed by atoms with Crippen molar-refractivity contribution >= 4 is 16.9 Å². The number of pyridine rings is 1. The molecule has 1 aliphatic rings. The van der Waals surface area contributed by atoms with Crippen molar-refractivity contribution in [3.8, 4) is 5.88 Å². The molecule has 1 unspecified atom stereocenters. The Morgan fingerprint density at radius 1 is 1.31 bits per heavy atom. The summed E-state index contributed by atoms with van der Waals surface area (Å²) in [5.74, 6) is -0.343. The van der Waals surface area contributed by atoms with Gasteiger partial charge in [0.05, 0.1) is 32.4 Å². The summed E-state index contributed by atoms with van der Waals surface area (Å²) in [7, 11) is 3.28. The lowest BCUT2D eigenvalue weighted by Crippen LogP contribution is -2.38. The van der Waals surface area contributed by atoms with E-state index in [9.17, 15) is 9.18 Å². The lowest BCUT2D eigenvalue weighted by Gasteiger charge is -2.37. The van der Waals surface area contributed by atoms with Crippen LogP contribution in [0, 0.1) is 12.7 Å². The number of aromatic nitrogens is 2. The van der Waals surface area contributed by atoms with Gasteiger partial charge in [-0.05, 0) is 38.4 Å². The molecule has 9 heteroatoms. The molecule has 4 rings (SSSR count). The third-order valence-corrected chi connectivity index (χ3v) is 6.90. The molecule has 1 aromatic carbocycles. The van der Waals surface area contributed by atoms with E-state index in [2.05, 4.69) is 20.9 Å². The molecule has 0 radical (unpaired) electrons. The number of esters is 1. The summed E-state index contributed by atoms with van der Waals surface area (Å²) in [5.41, 5.74) is 4.21. The summed E-state index contributed by atoms with van der Waals surface area (Å²) in [6.45, 7) is 4.18. The minimum Gasteiger partial charge on any atom is -0.476 e. The Hall–Kier alpha value is -3.04. The van der Waals surface area contributed by atoms with Gasteiger partial charge in [0.15, 0.2) is 0 Å². The molecule has 0 aliphatic carbocycles. The number of alkyl halides is 1. The molecule has 3 heterocycles. The van der Waals surface area contributed by atoms with Crippen LogP contribution in [-0.4, -0.2) is 79.4 Å². The average Bonchev–Trinajstić information content (AvgIpc) is 3.26. The Kier molecular flexibility index (Phi) is 8.53. The fourth-order valence-electron chi connectivity index (χ4n) is 4.99. The van der Waals surface area contributed by atoms with E-state index in [0.717, 1.165) is 28.6 Å². The first-order valence-corrected chi connectivity index (χ1v) is 12.4. The van der Waals surface area contributed by atoms with Crippen molar-refractivity contribution in [2.75, 3.05) is 53.6 Å². The SMILES string of the molecule is COC(=O)CCN1CCc2c([nH]c3ccccc23)C1c1c(F)cnc(OCCN(C)CCCF)c1C. The molecular weight excluding hydrogens is 466 g/mol. The van der Waals surface area contributed by atoms with E-state index < -0.39 is 11.9 Å². The number of nitrogens with zero attached hydrogens (tertiary/aromatic N) is 3. The largest absolute Gasteiger partial charge is 0.476 e. The van der Waals surface area contributed by atoms with E-state index in [-0.39, 0.29) is 19.1 Å². The quantitative estimate of drug-likeness (QED) is 0.398. The van der Waals surface area contributed by atoms with Crippen molar-refractivity contribution in [2.24, 2.45) is 0 Å². The number of rotatable bonds is 11. The Bertz CT molecular complexity index is 1200. The number of hydrogen-bond donors (Lipinski definition) is 1. The summed E-state index contributed by atoms with van der Waals surface area (Å²) in [5, 5.41) is 1.13. The number of fused-ring (bicyclic) bond motifs is 3. The predicted octanol–water partition coefficient (Wildman–Crippen LogP) is 4.19. The standard InChI is InChI=1S/C27H34F2N4O3/c1-18-24(21(29)17-30-27(18)36-16-15-32(2)12-6-11-28)26-25-20(19-7-4-5-8-22(19)31-25)9-13-33(26)14-10-23(34)35-3/h4-5,7-8,17,26,31H,6,9-16H2,1-3H3. The van der Waals surface area contributed by atoms with Crippen LogP contribution >= 0.6 is 0 Å². The number of para-hydroxylation sites is 1. The van der Waals surface area contributed by atoms with Crippen molar-refractivity contribution in [3.63, 3.8) is 0 Å². The Balaban J connectivity index is 1.68. The molecule has 1 N–H and O–H groups in total. The highest BCUT2D eigenvalue weighted by Gasteiger charge is 2.35. The van der Waals surface area contributed by atoms with Crippen molar-refractivity contribution in [2.45, 2.75) is 32.2 Å². The van der Waals surface area contributed by atoms with Crippen LogP contribution in [0.3, 0.4) is 0 Å². The van der Waals surface area contributed by atoms with E-state index in [1.807, 2.05) is 37.1 Å². The summed E-state index contributed by atoms with van der Waals surface area (Å²) < 4.78 is 38.7. The van der Waals surface area contributed by atoms with Gasteiger partial charge in [0, 0.05) is 53.9 Å². The van der Waals surface area contributed by atoms with E-state index >= 15 is 4.39 Å². The van der Waals surface area contributed by atoms with Gasteiger partial charge in [0.1, 0.15) is 12.4 Å². The topological polar surface area (TPSA) is 70.7 Å². The molecule has 2 aromatic heterocycles. The zero-order valence-electron chi connectivity index (χ0n) is 21.2. The predicted molar refractivity (Wildman–Crippen MR) is 135 cm³/mol. The smallest absolute Gasteiger partial charge is 0.306 e. The first-order chi connectivity index (χ1) is 17.4. The number of ether oxygens (including phenoxy) is 2. The molecule has 0 fully saturated rings.